The predicted molar refractivity (Wildman–Crippen MR) is 79.3 cm³/mol. The lowest BCUT2D eigenvalue weighted by Gasteiger charge is -2.26. The summed E-state index contributed by atoms with van der Waals surface area (Å²) in [6.45, 7) is 6.36. The molecule has 1 unspecified atom stereocenters. The number of rotatable bonds is 5. The van der Waals surface area contributed by atoms with E-state index in [1.54, 1.807) is 11.8 Å². The van der Waals surface area contributed by atoms with Crippen molar-refractivity contribution < 1.29 is 0 Å². The van der Waals surface area contributed by atoms with E-state index in [9.17, 15) is 0 Å². The molecular weight excluding hydrogens is 260 g/mol. The average Bonchev–Trinajstić information content (AvgIpc) is 2.47. The van der Waals surface area contributed by atoms with Crippen molar-refractivity contribution in [2.24, 2.45) is 5.84 Å². The van der Waals surface area contributed by atoms with Crippen molar-refractivity contribution in [2.45, 2.75) is 49.9 Å². The lowest BCUT2D eigenvalue weighted by atomic mass is 10.1. The Kier molecular flexibility index (Phi) is 5.21. The second-order valence-electron chi connectivity index (χ2n) is 4.77. The van der Waals surface area contributed by atoms with Crippen LogP contribution < -0.4 is 16.2 Å². The smallest absolute Gasteiger partial charge is 0.242 e. The number of nitrogens with zero attached hydrogens (tertiary/aromatic N) is 4. The molecule has 0 aromatic carbocycles. The van der Waals surface area contributed by atoms with E-state index in [2.05, 4.69) is 39.1 Å². The number of nitrogens with one attached hydrogen (secondary N) is 1. The summed E-state index contributed by atoms with van der Waals surface area (Å²) < 4.78 is 0. The van der Waals surface area contributed by atoms with Crippen LogP contribution in [0, 0.1) is 0 Å². The average molecular weight is 282 g/mol. The van der Waals surface area contributed by atoms with E-state index in [4.69, 9.17) is 5.84 Å². The third-order valence-electron chi connectivity index (χ3n) is 3.25. The fourth-order valence-corrected chi connectivity index (χ4v) is 2.76. The number of hydrazine groups is 1. The van der Waals surface area contributed by atoms with Gasteiger partial charge in [0.1, 0.15) is 0 Å². The monoisotopic (exact) mass is 282 g/mol. The molecule has 1 aliphatic rings. The third kappa shape index (κ3) is 3.94. The van der Waals surface area contributed by atoms with Crippen LogP contribution in [0.4, 0.5) is 11.9 Å². The van der Waals surface area contributed by atoms with E-state index >= 15 is 0 Å². The molecule has 1 aliphatic heterocycles. The van der Waals surface area contributed by atoms with E-state index in [-0.39, 0.29) is 0 Å². The number of thioether (sulfide) groups is 1. The Balaban J connectivity index is 2.19. The summed E-state index contributed by atoms with van der Waals surface area (Å²) in [5.74, 6) is 6.64. The highest BCUT2D eigenvalue weighted by Crippen LogP contribution is 2.25. The molecule has 6 nitrogen and oxygen atoms in total. The van der Waals surface area contributed by atoms with Crippen molar-refractivity contribution in [1.82, 2.24) is 15.0 Å². The fourth-order valence-electron chi connectivity index (χ4n) is 1.96. The zero-order valence-corrected chi connectivity index (χ0v) is 12.4. The summed E-state index contributed by atoms with van der Waals surface area (Å²) in [6.07, 6.45) is 4.77. The summed E-state index contributed by atoms with van der Waals surface area (Å²) in [6, 6.07) is 0. The van der Waals surface area contributed by atoms with E-state index in [1.807, 2.05) is 0 Å². The Morgan fingerprint density at radius 3 is 2.63 bits per heavy atom. The number of nitrogens with two attached hydrogens (primary N) is 1. The van der Waals surface area contributed by atoms with Gasteiger partial charge < -0.3 is 4.90 Å². The molecule has 106 valence electrons. The van der Waals surface area contributed by atoms with Gasteiger partial charge in [0, 0.05) is 18.3 Å². The molecule has 0 bridgehead atoms. The zero-order chi connectivity index (χ0) is 13.7. The molecule has 1 atom stereocenters. The predicted octanol–water partition coefficient (Wildman–Crippen LogP) is 2.04. The lowest BCUT2D eigenvalue weighted by molar-refractivity contribution is 0.565. The molecule has 3 N–H and O–H groups in total. The summed E-state index contributed by atoms with van der Waals surface area (Å²) in [5, 5.41) is 1.24. The van der Waals surface area contributed by atoms with Crippen molar-refractivity contribution in [3.05, 3.63) is 0 Å². The standard InChI is InChI=1S/C12H22N6S/c1-3-9(2)19-12-15-10(17-13)14-11(16-12)18-7-5-4-6-8-18/h9H,3-8,13H2,1-2H3,(H,14,15,16,17). The van der Waals surface area contributed by atoms with Gasteiger partial charge in [-0.1, -0.05) is 25.6 Å². The van der Waals surface area contributed by atoms with Crippen LogP contribution in [-0.2, 0) is 0 Å². The molecule has 19 heavy (non-hydrogen) atoms. The van der Waals surface area contributed by atoms with Crippen LogP contribution >= 0.6 is 11.8 Å². The Labute approximate surface area is 118 Å². The second kappa shape index (κ2) is 6.91. The molecular formula is C12H22N6S. The molecule has 2 heterocycles. The van der Waals surface area contributed by atoms with Crippen LogP contribution in [0.1, 0.15) is 39.5 Å². The minimum atomic E-state index is 0.446. The van der Waals surface area contributed by atoms with Crippen LogP contribution in [-0.4, -0.2) is 33.3 Å². The Morgan fingerprint density at radius 2 is 2.00 bits per heavy atom. The number of aromatic nitrogens is 3. The SMILES string of the molecule is CCC(C)Sc1nc(NN)nc(N2CCCCC2)n1. The van der Waals surface area contributed by atoms with Crippen molar-refractivity contribution in [2.75, 3.05) is 23.4 Å². The molecule has 7 heteroatoms. The van der Waals surface area contributed by atoms with Gasteiger partial charge in [-0.05, 0) is 25.7 Å². The van der Waals surface area contributed by atoms with E-state index in [0.29, 0.717) is 11.2 Å². The highest BCUT2D eigenvalue weighted by atomic mass is 32.2. The van der Waals surface area contributed by atoms with Crippen molar-refractivity contribution >= 4 is 23.7 Å². The largest absolute Gasteiger partial charge is 0.341 e. The number of piperidine rings is 1. The zero-order valence-electron chi connectivity index (χ0n) is 11.6. The van der Waals surface area contributed by atoms with Gasteiger partial charge in [-0.2, -0.15) is 15.0 Å². The summed E-state index contributed by atoms with van der Waals surface area (Å²) in [4.78, 5) is 15.5. The molecule has 1 fully saturated rings. The first-order chi connectivity index (χ1) is 9.22. The molecule has 0 radical (unpaired) electrons. The minimum Gasteiger partial charge on any atom is -0.341 e. The van der Waals surface area contributed by atoms with E-state index in [0.717, 1.165) is 30.6 Å². The molecule has 0 aliphatic carbocycles. The first-order valence-electron chi connectivity index (χ1n) is 6.87. The van der Waals surface area contributed by atoms with E-state index in [1.165, 1.54) is 19.3 Å². The van der Waals surface area contributed by atoms with Gasteiger partial charge in [0.15, 0.2) is 5.16 Å². The quantitative estimate of drug-likeness (QED) is 0.486. The highest BCUT2D eigenvalue weighted by Gasteiger charge is 2.17. The Hall–Kier alpha value is -1.08. The van der Waals surface area contributed by atoms with Crippen LogP contribution in [0.5, 0.6) is 0 Å². The molecule has 2 rings (SSSR count). The lowest BCUT2D eigenvalue weighted by Crippen LogP contribution is -2.31. The second-order valence-corrected chi connectivity index (χ2v) is 6.18. The van der Waals surface area contributed by atoms with E-state index < -0.39 is 0 Å². The summed E-state index contributed by atoms with van der Waals surface area (Å²) in [7, 11) is 0. The van der Waals surface area contributed by atoms with Gasteiger partial charge in [-0.3, -0.25) is 5.43 Å². The number of nitrogen functional groups attached to an aromatic ring is 1. The molecule has 0 saturated carbocycles. The van der Waals surface area contributed by atoms with Gasteiger partial charge in [0.05, 0.1) is 0 Å². The van der Waals surface area contributed by atoms with Gasteiger partial charge >= 0.3 is 0 Å². The van der Waals surface area contributed by atoms with Crippen molar-refractivity contribution in [3.8, 4) is 0 Å². The van der Waals surface area contributed by atoms with Gasteiger partial charge in [-0.15, -0.1) is 0 Å². The number of hydrogen-bond acceptors (Lipinski definition) is 7. The van der Waals surface area contributed by atoms with Crippen LogP contribution in [0.2, 0.25) is 0 Å². The van der Waals surface area contributed by atoms with Crippen LogP contribution in [0.15, 0.2) is 5.16 Å². The molecule has 1 aromatic heterocycles. The molecule has 1 aromatic rings. The van der Waals surface area contributed by atoms with Crippen LogP contribution in [0.25, 0.3) is 0 Å². The highest BCUT2D eigenvalue weighted by molar-refractivity contribution is 7.99. The topological polar surface area (TPSA) is 80.0 Å². The molecule has 1 saturated heterocycles. The van der Waals surface area contributed by atoms with Gasteiger partial charge in [0.25, 0.3) is 0 Å². The fraction of sp³-hybridized carbons (Fsp3) is 0.750. The van der Waals surface area contributed by atoms with Crippen molar-refractivity contribution in [3.63, 3.8) is 0 Å². The molecule has 0 amide bonds. The third-order valence-corrected chi connectivity index (χ3v) is 4.38. The minimum absolute atomic E-state index is 0.446. The molecule has 0 spiro atoms. The Bertz CT molecular complexity index is 407. The number of hydrogen-bond donors (Lipinski definition) is 2. The van der Waals surface area contributed by atoms with Crippen LogP contribution in [0.3, 0.4) is 0 Å². The maximum atomic E-state index is 5.45. The number of anilines is 2. The first-order valence-corrected chi connectivity index (χ1v) is 7.75. The normalized spacial score (nSPS) is 17.3. The van der Waals surface area contributed by atoms with Crippen molar-refractivity contribution in [1.29, 1.82) is 0 Å². The Morgan fingerprint density at radius 1 is 1.26 bits per heavy atom. The summed E-state index contributed by atoms with van der Waals surface area (Å²) >= 11 is 1.67. The maximum Gasteiger partial charge on any atom is 0.242 e. The summed E-state index contributed by atoms with van der Waals surface area (Å²) in [5.41, 5.74) is 2.54. The first kappa shape index (κ1) is 14.3. The van der Waals surface area contributed by atoms with Gasteiger partial charge in [-0.25, -0.2) is 5.84 Å². The maximum absolute atomic E-state index is 5.45. The van der Waals surface area contributed by atoms with Gasteiger partial charge in [0.2, 0.25) is 11.9 Å².